The van der Waals surface area contributed by atoms with E-state index in [1.54, 1.807) is 0 Å². The second kappa shape index (κ2) is 3.73. The van der Waals surface area contributed by atoms with Crippen LogP contribution in [0.3, 0.4) is 0 Å². The highest BCUT2D eigenvalue weighted by Crippen LogP contribution is 2.21. The largest absolute Gasteiger partial charge is 0.389 e. The standard InChI is InChI=1S/C6H8F3N3O/c7-6(8,9)2-1-4-11-5(3-10)13-12-4/h1-3,10H2. The van der Waals surface area contributed by atoms with Gasteiger partial charge >= 0.3 is 6.18 Å². The molecule has 1 heterocycles. The molecule has 0 unspecified atom stereocenters. The highest BCUT2D eigenvalue weighted by atomic mass is 19.4. The van der Waals surface area contributed by atoms with Crippen LogP contribution in [-0.2, 0) is 13.0 Å². The van der Waals surface area contributed by atoms with Crippen molar-refractivity contribution in [2.45, 2.75) is 25.6 Å². The zero-order valence-corrected chi connectivity index (χ0v) is 6.64. The summed E-state index contributed by atoms with van der Waals surface area (Å²) in [5, 5.41) is 3.32. The summed E-state index contributed by atoms with van der Waals surface area (Å²) in [6, 6.07) is 0. The van der Waals surface area contributed by atoms with E-state index in [0.717, 1.165) is 0 Å². The topological polar surface area (TPSA) is 64.9 Å². The van der Waals surface area contributed by atoms with E-state index in [-0.39, 0.29) is 24.7 Å². The minimum atomic E-state index is -4.19. The fourth-order valence-electron chi connectivity index (χ4n) is 0.728. The third kappa shape index (κ3) is 3.41. The minimum absolute atomic E-state index is 0.0396. The van der Waals surface area contributed by atoms with Gasteiger partial charge in [-0.15, -0.1) is 0 Å². The van der Waals surface area contributed by atoms with E-state index in [1.165, 1.54) is 0 Å². The molecule has 4 nitrogen and oxygen atoms in total. The molecule has 0 atom stereocenters. The van der Waals surface area contributed by atoms with Crippen LogP contribution in [0.25, 0.3) is 0 Å². The maximum Gasteiger partial charge on any atom is 0.389 e. The second-order valence-corrected chi connectivity index (χ2v) is 2.42. The van der Waals surface area contributed by atoms with Crippen LogP contribution in [0.5, 0.6) is 0 Å². The van der Waals surface area contributed by atoms with Crippen LogP contribution in [0.2, 0.25) is 0 Å². The van der Waals surface area contributed by atoms with Crippen molar-refractivity contribution in [3.8, 4) is 0 Å². The smallest absolute Gasteiger partial charge is 0.338 e. The monoisotopic (exact) mass is 195 g/mol. The highest BCUT2D eigenvalue weighted by molar-refractivity contribution is 4.86. The summed E-state index contributed by atoms with van der Waals surface area (Å²) < 4.78 is 39.7. The number of aryl methyl sites for hydroxylation is 1. The van der Waals surface area contributed by atoms with Crippen molar-refractivity contribution in [3.05, 3.63) is 11.7 Å². The first kappa shape index (κ1) is 9.97. The molecule has 0 saturated heterocycles. The molecule has 74 valence electrons. The molecule has 1 aromatic rings. The molecule has 0 saturated carbocycles. The summed E-state index contributed by atoms with van der Waals surface area (Å²) in [7, 11) is 0. The first-order valence-electron chi connectivity index (χ1n) is 3.59. The van der Waals surface area contributed by atoms with E-state index >= 15 is 0 Å². The lowest BCUT2D eigenvalue weighted by atomic mass is 10.3. The number of hydrogen-bond donors (Lipinski definition) is 1. The molecule has 1 aromatic heterocycles. The lowest BCUT2D eigenvalue weighted by molar-refractivity contribution is -0.134. The third-order valence-electron chi connectivity index (χ3n) is 1.32. The van der Waals surface area contributed by atoms with Gasteiger partial charge in [0.1, 0.15) is 0 Å². The van der Waals surface area contributed by atoms with Crippen LogP contribution in [0.15, 0.2) is 4.52 Å². The van der Waals surface area contributed by atoms with E-state index in [9.17, 15) is 13.2 Å². The Morgan fingerprint density at radius 2 is 2.08 bits per heavy atom. The van der Waals surface area contributed by atoms with Crippen molar-refractivity contribution in [1.29, 1.82) is 0 Å². The van der Waals surface area contributed by atoms with E-state index in [0.29, 0.717) is 0 Å². The number of nitrogens with two attached hydrogens (primary N) is 1. The van der Waals surface area contributed by atoms with Crippen LogP contribution in [0.4, 0.5) is 13.2 Å². The number of halogens is 3. The molecule has 0 aromatic carbocycles. The van der Waals surface area contributed by atoms with Gasteiger partial charge in [-0.05, 0) is 0 Å². The number of aromatic nitrogens is 2. The summed E-state index contributed by atoms with van der Waals surface area (Å²) in [5.74, 6) is 0.190. The van der Waals surface area contributed by atoms with Crippen LogP contribution in [0.1, 0.15) is 18.1 Å². The molecule has 0 aliphatic rings. The molecule has 0 aliphatic heterocycles. The Balaban J connectivity index is 2.46. The van der Waals surface area contributed by atoms with Gasteiger partial charge in [-0.1, -0.05) is 5.16 Å². The number of alkyl halides is 3. The lowest BCUT2D eigenvalue weighted by Gasteiger charge is -2.01. The van der Waals surface area contributed by atoms with Gasteiger partial charge in [0, 0.05) is 6.42 Å². The van der Waals surface area contributed by atoms with Gasteiger partial charge in [0.05, 0.1) is 13.0 Å². The quantitative estimate of drug-likeness (QED) is 0.782. The SMILES string of the molecule is NCc1nc(CCC(F)(F)F)no1. The fourth-order valence-corrected chi connectivity index (χ4v) is 0.728. The zero-order valence-electron chi connectivity index (χ0n) is 6.64. The molecule has 0 fully saturated rings. The van der Waals surface area contributed by atoms with Crippen LogP contribution in [-0.4, -0.2) is 16.3 Å². The molecule has 0 radical (unpaired) electrons. The molecule has 2 N–H and O–H groups in total. The molecule has 13 heavy (non-hydrogen) atoms. The molecule has 0 amide bonds. The fraction of sp³-hybridized carbons (Fsp3) is 0.667. The summed E-state index contributed by atoms with van der Waals surface area (Å²) >= 11 is 0. The number of hydrogen-bond acceptors (Lipinski definition) is 4. The van der Waals surface area contributed by atoms with Gasteiger partial charge in [-0.25, -0.2) is 0 Å². The maximum atomic E-state index is 11.7. The minimum Gasteiger partial charge on any atom is -0.338 e. The van der Waals surface area contributed by atoms with E-state index < -0.39 is 12.6 Å². The zero-order chi connectivity index (χ0) is 9.90. The molecule has 0 spiro atoms. The van der Waals surface area contributed by atoms with Crippen molar-refractivity contribution in [3.63, 3.8) is 0 Å². The molecule has 7 heteroatoms. The average molecular weight is 195 g/mol. The van der Waals surface area contributed by atoms with Gasteiger partial charge < -0.3 is 10.3 Å². The second-order valence-electron chi connectivity index (χ2n) is 2.42. The van der Waals surface area contributed by atoms with Crippen molar-refractivity contribution >= 4 is 0 Å². The first-order valence-corrected chi connectivity index (χ1v) is 3.59. The summed E-state index contributed by atoms with van der Waals surface area (Å²) in [6.45, 7) is 0.0407. The normalized spacial score (nSPS) is 12.0. The number of rotatable bonds is 3. The lowest BCUT2D eigenvalue weighted by Crippen LogP contribution is -2.09. The summed E-state index contributed by atoms with van der Waals surface area (Å²) in [6.07, 6.45) is -5.41. The Labute approximate surface area is 71.9 Å². The van der Waals surface area contributed by atoms with E-state index in [4.69, 9.17) is 5.73 Å². The van der Waals surface area contributed by atoms with Crippen LogP contribution < -0.4 is 5.73 Å². The summed E-state index contributed by atoms with van der Waals surface area (Å²) in [4.78, 5) is 3.63. The molecule has 0 aliphatic carbocycles. The van der Waals surface area contributed by atoms with Crippen molar-refractivity contribution < 1.29 is 17.7 Å². The van der Waals surface area contributed by atoms with Crippen LogP contribution in [0, 0.1) is 0 Å². The Kier molecular flexibility index (Phi) is 2.86. The molecule has 1 rings (SSSR count). The van der Waals surface area contributed by atoms with Gasteiger partial charge in [-0.3, -0.25) is 0 Å². The first-order chi connectivity index (χ1) is 6.01. The average Bonchev–Trinajstić information content (AvgIpc) is 2.47. The van der Waals surface area contributed by atoms with E-state index in [2.05, 4.69) is 14.7 Å². The Bertz CT molecular complexity index is 270. The van der Waals surface area contributed by atoms with Crippen molar-refractivity contribution in [1.82, 2.24) is 10.1 Å². The van der Waals surface area contributed by atoms with Crippen LogP contribution >= 0.6 is 0 Å². The van der Waals surface area contributed by atoms with Gasteiger partial charge in [0.25, 0.3) is 0 Å². The Hall–Kier alpha value is -1.11. The Morgan fingerprint density at radius 1 is 1.38 bits per heavy atom. The molecule has 0 bridgehead atoms. The highest BCUT2D eigenvalue weighted by Gasteiger charge is 2.27. The number of nitrogens with zero attached hydrogens (tertiary/aromatic N) is 2. The van der Waals surface area contributed by atoms with Crippen molar-refractivity contribution in [2.24, 2.45) is 5.73 Å². The molecular formula is C6H8F3N3O. The summed E-state index contributed by atoms with van der Waals surface area (Å²) in [5.41, 5.74) is 5.13. The predicted octanol–water partition coefficient (Wildman–Crippen LogP) is 1.02. The van der Waals surface area contributed by atoms with Crippen molar-refractivity contribution in [2.75, 3.05) is 0 Å². The maximum absolute atomic E-state index is 11.7. The van der Waals surface area contributed by atoms with Gasteiger partial charge in [-0.2, -0.15) is 18.2 Å². The van der Waals surface area contributed by atoms with Gasteiger partial charge in [0.2, 0.25) is 5.89 Å². The predicted molar refractivity (Wildman–Crippen MR) is 36.6 cm³/mol. The Morgan fingerprint density at radius 3 is 2.54 bits per heavy atom. The van der Waals surface area contributed by atoms with Gasteiger partial charge in [0.15, 0.2) is 5.82 Å². The third-order valence-corrected chi connectivity index (χ3v) is 1.32. The molecular weight excluding hydrogens is 187 g/mol. The van der Waals surface area contributed by atoms with E-state index in [1.807, 2.05) is 0 Å².